The van der Waals surface area contributed by atoms with Crippen LogP contribution in [0.3, 0.4) is 0 Å². The number of hydrogen-bond acceptors (Lipinski definition) is 4. The summed E-state index contributed by atoms with van der Waals surface area (Å²) in [5.74, 6) is 0. The average molecular weight is 273 g/mol. The number of nitrogens with two attached hydrogens (primary N) is 1. The fourth-order valence-corrected chi connectivity index (χ4v) is 1.84. The summed E-state index contributed by atoms with van der Waals surface area (Å²) < 4.78 is 5.22. The van der Waals surface area contributed by atoms with E-state index < -0.39 is 5.60 Å². The predicted octanol–water partition coefficient (Wildman–Crippen LogP) is 1.96. The summed E-state index contributed by atoms with van der Waals surface area (Å²) >= 11 is 0. The Morgan fingerprint density at radius 2 is 2.00 bits per heavy atom. The van der Waals surface area contributed by atoms with E-state index in [0.29, 0.717) is 13.1 Å². The van der Waals surface area contributed by atoms with Gasteiger partial charge in [-0.1, -0.05) is 20.3 Å². The fourth-order valence-electron chi connectivity index (χ4n) is 1.84. The third-order valence-electron chi connectivity index (χ3n) is 2.87. The van der Waals surface area contributed by atoms with Crippen molar-refractivity contribution in [2.45, 2.75) is 59.1 Å². The molecule has 0 aromatic rings. The maximum atomic E-state index is 11.6. The van der Waals surface area contributed by atoms with E-state index in [4.69, 9.17) is 10.5 Å². The summed E-state index contributed by atoms with van der Waals surface area (Å²) in [4.78, 5) is 13.9. The summed E-state index contributed by atoms with van der Waals surface area (Å²) in [7, 11) is 0. The van der Waals surface area contributed by atoms with Crippen LogP contribution in [0.5, 0.6) is 0 Å². The van der Waals surface area contributed by atoms with Gasteiger partial charge in [0.05, 0.1) is 0 Å². The van der Waals surface area contributed by atoms with Crippen molar-refractivity contribution in [2.75, 3.05) is 26.2 Å². The first kappa shape index (κ1) is 18.2. The molecule has 0 aliphatic heterocycles. The highest BCUT2D eigenvalue weighted by Gasteiger charge is 2.19. The molecule has 0 saturated carbocycles. The van der Waals surface area contributed by atoms with Crippen molar-refractivity contribution < 1.29 is 9.53 Å². The lowest BCUT2D eigenvalue weighted by Crippen LogP contribution is -2.49. The molecule has 0 fully saturated rings. The highest BCUT2D eigenvalue weighted by Crippen LogP contribution is 2.07. The van der Waals surface area contributed by atoms with Gasteiger partial charge in [-0.2, -0.15) is 0 Å². The van der Waals surface area contributed by atoms with Crippen molar-refractivity contribution in [1.29, 1.82) is 0 Å². The molecule has 114 valence electrons. The molecule has 1 amide bonds. The number of nitrogens with zero attached hydrogens (tertiary/aromatic N) is 1. The van der Waals surface area contributed by atoms with Crippen LogP contribution in [-0.4, -0.2) is 48.8 Å². The Labute approximate surface area is 117 Å². The minimum atomic E-state index is -0.463. The Kier molecular flexibility index (Phi) is 8.76. The van der Waals surface area contributed by atoms with Crippen molar-refractivity contribution in [3.05, 3.63) is 0 Å². The van der Waals surface area contributed by atoms with E-state index in [2.05, 4.69) is 24.1 Å². The molecule has 0 heterocycles. The topological polar surface area (TPSA) is 67.6 Å². The lowest BCUT2D eigenvalue weighted by Gasteiger charge is -2.30. The number of amides is 1. The van der Waals surface area contributed by atoms with Gasteiger partial charge in [-0.05, 0) is 40.3 Å². The molecule has 0 rings (SSSR count). The zero-order valence-electron chi connectivity index (χ0n) is 13.2. The molecule has 0 spiro atoms. The van der Waals surface area contributed by atoms with Gasteiger partial charge in [0.15, 0.2) is 0 Å². The molecule has 1 atom stereocenters. The van der Waals surface area contributed by atoms with Gasteiger partial charge in [0.25, 0.3) is 0 Å². The van der Waals surface area contributed by atoms with Crippen LogP contribution in [0, 0.1) is 0 Å². The number of carbonyl (C=O) groups is 1. The average Bonchev–Trinajstić information content (AvgIpc) is 2.31. The second-order valence-corrected chi connectivity index (χ2v) is 5.75. The lowest BCUT2D eigenvalue weighted by atomic mass is 10.2. The molecule has 0 radical (unpaired) electrons. The van der Waals surface area contributed by atoms with Gasteiger partial charge < -0.3 is 15.8 Å². The quantitative estimate of drug-likeness (QED) is 0.709. The summed E-state index contributed by atoms with van der Waals surface area (Å²) in [6.45, 7) is 12.9. The van der Waals surface area contributed by atoms with E-state index in [1.165, 1.54) is 0 Å². The highest BCUT2D eigenvalue weighted by molar-refractivity contribution is 5.67. The second kappa shape index (κ2) is 9.15. The standard InChI is InChI=1S/C14H31N3O2/c1-6-8-9-17(7-2)12(10-15)11-16-13(18)19-14(3,4)5/h12H,6-11,15H2,1-5H3,(H,16,18). The Hall–Kier alpha value is -0.810. The Balaban J connectivity index is 4.20. The number of carbonyl (C=O) groups excluding carboxylic acids is 1. The Bertz CT molecular complexity index is 252. The van der Waals surface area contributed by atoms with Crippen molar-refractivity contribution in [3.63, 3.8) is 0 Å². The Morgan fingerprint density at radius 1 is 1.37 bits per heavy atom. The molecule has 0 aromatic carbocycles. The number of nitrogens with one attached hydrogen (secondary N) is 1. The minimum absolute atomic E-state index is 0.170. The number of alkyl carbamates (subject to hydrolysis) is 1. The molecule has 0 aliphatic rings. The first-order valence-electron chi connectivity index (χ1n) is 7.25. The van der Waals surface area contributed by atoms with Crippen LogP contribution in [0.1, 0.15) is 47.5 Å². The van der Waals surface area contributed by atoms with Gasteiger partial charge in [0, 0.05) is 19.1 Å². The van der Waals surface area contributed by atoms with Gasteiger partial charge in [-0.25, -0.2) is 4.79 Å². The fraction of sp³-hybridized carbons (Fsp3) is 0.929. The van der Waals surface area contributed by atoms with Crippen molar-refractivity contribution >= 4 is 6.09 Å². The third kappa shape index (κ3) is 8.83. The summed E-state index contributed by atoms with van der Waals surface area (Å²) in [5.41, 5.74) is 5.34. The molecule has 19 heavy (non-hydrogen) atoms. The third-order valence-corrected chi connectivity index (χ3v) is 2.87. The van der Waals surface area contributed by atoms with Crippen LogP contribution in [0.2, 0.25) is 0 Å². The smallest absolute Gasteiger partial charge is 0.407 e. The first-order chi connectivity index (χ1) is 8.84. The predicted molar refractivity (Wildman–Crippen MR) is 79.2 cm³/mol. The van der Waals surface area contributed by atoms with Gasteiger partial charge >= 0.3 is 6.09 Å². The van der Waals surface area contributed by atoms with Crippen LogP contribution >= 0.6 is 0 Å². The first-order valence-corrected chi connectivity index (χ1v) is 7.25. The maximum absolute atomic E-state index is 11.6. The van der Waals surface area contributed by atoms with Crippen molar-refractivity contribution in [3.8, 4) is 0 Å². The summed E-state index contributed by atoms with van der Waals surface area (Å²) in [6.07, 6.45) is 1.93. The summed E-state index contributed by atoms with van der Waals surface area (Å²) in [6, 6.07) is 0.170. The molecule has 1 unspecified atom stereocenters. The molecular weight excluding hydrogens is 242 g/mol. The monoisotopic (exact) mass is 273 g/mol. The van der Waals surface area contributed by atoms with E-state index in [1.807, 2.05) is 20.8 Å². The van der Waals surface area contributed by atoms with Crippen molar-refractivity contribution in [1.82, 2.24) is 10.2 Å². The molecule has 0 saturated heterocycles. The number of rotatable bonds is 8. The lowest BCUT2D eigenvalue weighted by molar-refractivity contribution is 0.0508. The van der Waals surface area contributed by atoms with E-state index in [-0.39, 0.29) is 12.1 Å². The van der Waals surface area contributed by atoms with Gasteiger partial charge in [0.2, 0.25) is 0 Å². The molecule has 0 aromatic heterocycles. The number of ether oxygens (including phenoxy) is 1. The maximum Gasteiger partial charge on any atom is 0.407 e. The molecule has 0 aliphatic carbocycles. The molecule has 5 heteroatoms. The normalized spacial score (nSPS) is 13.4. The van der Waals surface area contributed by atoms with E-state index in [1.54, 1.807) is 0 Å². The van der Waals surface area contributed by atoms with E-state index >= 15 is 0 Å². The van der Waals surface area contributed by atoms with Gasteiger partial charge in [0.1, 0.15) is 5.60 Å². The number of likely N-dealkylation sites (N-methyl/N-ethyl adjacent to an activating group) is 1. The van der Waals surface area contributed by atoms with Crippen molar-refractivity contribution in [2.24, 2.45) is 5.73 Å². The number of unbranched alkanes of at least 4 members (excludes halogenated alkanes) is 1. The van der Waals surface area contributed by atoms with Gasteiger partial charge in [-0.3, -0.25) is 4.90 Å². The van der Waals surface area contributed by atoms with E-state index in [9.17, 15) is 4.79 Å². The van der Waals surface area contributed by atoms with Crippen LogP contribution in [0.4, 0.5) is 4.79 Å². The van der Waals surface area contributed by atoms with Gasteiger partial charge in [-0.15, -0.1) is 0 Å². The second-order valence-electron chi connectivity index (χ2n) is 5.75. The van der Waals surface area contributed by atoms with Crippen LogP contribution in [-0.2, 0) is 4.74 Å². The zero-order chi connectivity index (χ0) is 14.9. The molecular formula is C14H31N3O2. The van der Waals surface area contributed by atoms with Crippen LogP contribution in [0.15, 0.2) is 0 Å². The summed E-state index contributed by atoms with van der Waals surface area (Å²) in [5, 5.41) is 2.80. The largest absolute Gasteiger partial charge is 0.444 e. The molecule has 0 bridgehead atoms. The van der Waals surface area contributed by atoms with E-state index in [0.717, 1.165) is 25.9 Å². The molecule has 5 nitrogen and oxygen atoms in total. The number of hydrogen-bond donors (Lipinski definition) is 2. The SMILES string of the molecule is CCCCN(CC)C(CN)CNC(=O)OC(C)(C)C. The van der Waals surface area contributed by atoms with Crippen LogP contribution in [0.25, 0.3) is 0 Å². The minimum Gasteiger partial charge on any atom is -0.444 e. The zero-order valence-corrected chi connectivity index (χ0v) is 13.2. The van der Waals surface area contributed by atoms with Crippen LogP contribution < -0.4 is 11.1 Å². The molecule has 3 N–H and O–H groups in total. The highest BCUT2D eigenvalue weighted by atomic mass is 16.6. The Morgan fingerprint density at radius 3 is 2.42 bits per heavy atom.